The average molecular weight is 1180 g/mol. The highest BCUT2D eigenvalue weighted by Gasteiger charge is 2.97. The van der Waals surface area contributed by atoms with Crippen molar-refractivity contribution in [2.75, 3.05) is 36.5 Å². The Balaban J connectivity index is -0.00000103. The summed E-state index contributed by atoms with van der Waals surface area (Å²) in [6.45, 7) is 0. The fourth-order valence-electron chi connectivity index (χ4n) is 3.30. The zero-order valence-corrected chi connectivity index (χ0v) is 34.5. The zero-order chi connectivity index (χ0) is 57.1. The molecule has 7 nitrogen and oxygen atoms in total. The molecule has 0 amide bonds. The van der Waals surface area contributed by atoms with Crippen LogP contribution in [0.2, 0.25) is 0 Å². The predicted octanol–water partition coefficient (Wildman–Crippen LogP) is 9.31. The van der Waals surface area contributed by atoms with E-state index in [1.165, 1.54) is 0 Å². The molecule has 0 atom stereocenters. The largest absolute Gasteiger partial charge is 0.743 e. The second-order valence-electron chi connectivity index (χ2n) is 12.6. The van der Waals surface area contributed by atoms with Crippen LogP contribution in [0.5, 0.6) is 0 Å². The van der Waals surface area contributed by atoms with Crippen LogP contribution in [0.3, 0.4) is 0 Å². The summed E-state index contributed by atoms with van der Waals surface area (Å²) in [6.07, 6.45) is -7.34. The lowest BCUT2D eigenvalue weighted by Crippen LogP contribution is -2.75. The van der Waals surface area contributed by atoms with Crippen molar-refractivity contribution >= 4 is 47.8 Å². The first-order valence-corrected chi connectivity index (χ1v) is 21.7. The molecule has 0 rings (SSSR count). The summed E-state index contributed by atoms with van der Waals surface area (Å²) in [6, 6.07) is 0. The van der Waals surface area contributed by atoms with Gasteiger partial charge in [-0.15, -0.1) is 0 Å². The third kappa shape index (κ3) is 11.2. The molecule has 412 valence electrons. The average Bonchev–Trinajstić information content (AvgIpc) is 3.04. The molecular weight excluding hydrogens is 1160 g/mol. The van der Waals surface area contributed by atoms with E-state index in [1.807, 2.05) is 0 Å². The molecule has 0 spiro atoms. The summed E-state index contributed by atoms with van der Waals surface area (Å²) in [5, 5.41) is -15.9. The van der Waals surface area contributed by atoms with Gasteiger partial charge in [-0.25, -0.2) is 16.8 Å². The number of carbonyl (C=O) groups is 1. The van der Waals surface area contributed by atoms with Crippen LogP contribution in [-0.4, -0.2) is 162 Å². The summed E-state index contributed by atoms with van der Waals surface area (Å²) in [5.74, 6) is -102. The minimum absolute atomic E-state index is 0.293. The highest BCUT2D eigenvalue weighted by atomic mass is 32.2. The van der Waals surface area contributed by atoms with Crippen LogP contribution < -0.4 is 0 Å². The van der Waals surface area contributed by atoms with Gasteiger partial charge >= 0.3 is 93.9 Å². The highest BCUT2D eigenvalue weighted by Crippen LogP contribution is 2.66. The molecule has 0 bridgehead atoms. The van der Waals surface area contributed by atoms with Crippen molar-refractivity contribution in [3.8, 4) is 0 Å². The van der Waals surface area contributed by atoms with Crippen molar-refractivity contribution < 1.29 is 180 Å². The zero-order valence-electron chi connectivity index (χ0n) is 31.3. The number of hydrogen-bond acceptors (Lipinski definition) is 7. The summed E-state index contributed by atoms with van der Waals surface area (Å²) >= 11 is 0. The van der Waals surface area contributed by atoms with E-state index >= 15 is 0 Å². The van der Waals surface area contributed by atoms with E-state index in [-0.39, 0.29) is 0 Å². The van der Waals surface area contributed by atoms with E-state index < -0.39 is 114 Å². The Hall–Kier alpha value is -2.19. The van der Waals surface area contributed by atoms with E-state index in [0.29, 0.717) is 27.6 Å². The van der Waals surface area contributed by atoms with Crippen molar-refractivity contribution in [1.82, 2.24) is 0 Å². The van der Waals surface area contributed by atoms with Gasteiger partial charge in [-0.3, -0.25) is 4.79 Å². The van der Waals surface area contributed by atoms with E-state index in [2.05, 4.69) is 25.0 Å². The van der Waals surface area contributed by atoms with Gasteiger partial charge in [-0.05, 0) is 21.8 Å². The predicted molar refractivity (Wildman–Crippen MR) is 154 cm³/mol. The fourth-order valence-corrected chi connectivity index (χ4v) is 5.80. The molecule has 0 aromatic carbocycles. The van der Waals surface area contributed by atoms with Crippen LogP contribution in [0.15, 0.2) is 0 Å². The number of alkyl halides is 34. The Bertz CT molecular complexity index is 1830. The fraction of sp³-hybridized carbons (Fsp3) is 0.957. The number of carbonyl (C=O) groups excluding carboxylic acids is 1. The lowest BCUT2D eigenvalue weighted by Gasteiger charge is -2.42. The van der Waals surface area contributed by atoms with E-state index in [0.717, 1.165) is 11.5 Å². The van der Waals surface area contributed by atoms with Gasteiger partial charge in [0.15, 0.2) is 31.7 Å². The molecule has 0 aromatic heterocycles. The van der Waals surface area contributed by atoms with E-state index in [1.54, 1.807) is 0 Å². The van der Waals surface area contributed by atoms with Gasteiger partial charge in [-0.2, -0.15) is 149 Å². The van der Waals surface area contributed by atoms with Crippen LogP contribution in [-0.2, 0) is 46.8 Å². The molecule has 0 saturated carbocycles. The van der Waals surface area contributed by atoms with Crippen molar-refractivity contribution in [2.24, 2.45) is 0 Å². The molecule has 0 aromatic rings. The minimum atomic E-state index is -8.92. The number of rotatable bonds is 18. The van der Waals surface area contributed by atoms with Gasteiger partial charge in [-0.1, -0.05) is 0 Å². The van der Waals surface area contributed by atoms with Gasteiger partial charge in [0.2, 0.25) is 5.78 Å². The molecule has 68 heavy (non-hydrogen) atoms. The van der Waals surface area contributed by atoms with E-state index in [4.69, 9.17) is 0 Å². The summed E-state index contributed by atoms with van der Waals surface area (Å²) in [7, 11) is -15.7. The number of halogens is 34. The molecule has 0 radical (unpaired) electrons. The molecule has 0 N–H and O–H groups in total. The maximum Gasteiger partial charge on any atom is 0.460 e. The van der Waals surface area contributed by atoms with Crippen LogP contribution in [0.25, 0.3) is 0 Å². The molecule has 0 heterocycles. The maximum atomic E-state index is 13.0. The topological polar surface area (TPSA) is 131 Å². The number of Topliss-reactive ketones (excluding diaryl/α,β-unsaturated/α-hetero) is 1. The summed E-state index contributed by atoms with van der Waals surface area (Å²) < 4.78 is 488. The van der Waals surface area contributed by atoms with Crippen LogP contribution in [0.1, 0.15) is 0 Å². The molecule has 0 unspecified atom stereocenters. The minimum Gasteiger partial charge on any atom is -0.743 e. The van der Waals surface area contributed by atoms with Crippen LogP contribution in [0, 0.1) is 0 Å². The monoisotopic (exact) mass is 1180 g/mol. The molecule has 0 aliphatic rings. The SMILES string of the molecule is C[S+](C)CC(=O)C[S+](C)C.O=S(=O)([O-])C(F)(F)C(F)(F)C(F)(F)C(F)(F)C(F)(F)C(F)(F)C(F)(F)C(F)(F)F.O=S(=O)([O-])C(F)(F)C(F)(F)C(F)(F)C(F)(F)C(F)(F)C(F)(F)C(F)(F)C(F)(F)F. The maximum absolute atomic E-state index is 13.0. The molecule has 0 aliphatic heterocycles. The first kappa shape index (κ1) is 70.1. The van der Waals surface area contributed by atoms with Crippen molar-refractivity contribution in [3.05, 3.63) is 0 Å². The standard InChI is InChI=1S/2C8HF17O3S.C7H16OS2/c2*9-1(10,3(13,14)5(17,18)7(21,22)23)2(11,12)4(15,16)6(19,20)8(24,25)29(26,27)28;1-9(2)5-7(8)6-10(3)4/h2*(H,26,27,28);5-6H2,1-4H3/q;;+2/p-2. The quantitative estimate of drug-likeness (QED) is 0.0760. The third-order valence-electron chi connectivity index (χ3n) is 6.91. The first-order valence-electron chi connectivity index (χ1n) is 14.5. The van der Waals surface area contributed by atoms with Gasteiger partial charge in [0, 0.05) is 0 Å². The van der Waals surface area contributed by atoms with Gasteiger partial charge in [0.1, 0.15) is 0 Å². The van der Waals surface area contributed by atoms with E-state index in [9.17, 15) is 180 Å². The number of ketones is 1. The molecule has 45 heteroatoms. The number of hydrogen-bond donors (Lipinski definition) is 0. The Morgan fingerprint density at radius 2 is 0.441 bits per heavy atom. The first-order chi connectivity index (χ1) is 28.5. The lowest BCUT2D eigenvalue weighted by atomic mass is 9.91. The van der Waals surface area contributed by atoms with Crippen molar-refractivity contribution in [2.45, 2.75) is 93.9 Å². The van der Waals surface area contributed by atoms with Crippen molar-refractivity contribution in [1.29, 1.82) is 0 Å². The normalized spacial score (nSPS) is 16.0. The van der Waals surface area contributed by atoms with Gasteiger partial charge in [0.05, 0.1) is 25.0 Å². The third-order valence-corrected chi connectivity index (χ3v) is 10.5. The Labute approximate surface area is 358 Å². The smallest absolute Gasteiger partial charge is 0.460 e. The Morgan fingerprint density at radius 3 is 0.559 bits per heavy atom. The Kier molecular flexibility index (Phi) is 19.9. The molecule has 0 fully saturated rings. The van der Waals surface area contributed by atoms with Crippen LogP contribution >= 0.6 is 0 Å². The second kappa shape index (κ2) is 19.3. The lowest BCUT2D eigenvalue weighted by molar-refractivity contribution is -0.458. The molecule has 0 aliphatic carbocycles. The molecule has 0 saturated heterocycles. The molecular formula is C23H16F34O7S4. The summed E-state index contributed by atoms with van der Waals surface area (Å²) in [4.78, 5) is 11.1. The van der Waals surface area contributed by atoms with Crippen molar-refractivity contribution in [3.63, 3.8) is 0 Å². The Morgan fingerprint density at radius 1 is 0.309 bits per heavy atom. The highest BCUT2D eigenvalue weighted by molar-refractivity contribution is 7.97. The van der Waals surface area contributed by atoms with Crippen LogP contribution in [0.4, 0.5) is 149 Å². The van der Waals surface area contributed by atoms with Gasteiger partial charge in [0.25, 0.3) is 0 Å². The second-order valence-corrected chi connectivity index (χ2v) is 20.0. The van der Waals surface area contributed by atoms with Gasteiger partial charge < -0.3 is 9.11 Å². The summed E-state index contributed by atoms with van der Waals surface area (Å²) in [5.41, 5.74) is 0.